The van der Waals surface area contributed by atoms with Gasteiger partial charge in [-0.2, -0.15) is 0 Å². The SMILES string of the molecule is COc1cc(/C=C/C(=O)NCCc2ccc(C(C)=O)s2)cc(OC)c1OC. The highest BCUT2D eigenvalue weighted by molar-refractivity contribution is 7.14. The van der Waals surface area contributed by atoms with Crippen LogP contribution >= 0.6 is 11.3 Å². The van der Waals surface area contributed by atoms with Crippen LogP contribution in [0.5, 0.6) is 17.2 Å². The first-order valence-electron chi connectivity index (χ1n) is 8.34. The molecule has 0 fully saturated rings. The van der Waals surface area contributed by atoms with Gasteiger partial charge in [0, 0.05) is 17.5 Å². The molecule has 0 spiro atoms. The molecule has 0 saturated carbocycles. The van der Waals surface area contributed by atoms with Crippen molar-refractivity contribution in [1.29, 1.82) is 0 Å². The fraction of sp³-hybridized carbons (Fsp3) is 0.300. The maximum Gasteiger partial charge on any atom is 0.244 e. The molecule has 2 rings (SSSR count). The lowest BCUT2D eigenvalue weighted by Gasteiger charge is -2.12. The van der Waals surface area contributed by atoms with E-state index in [1.807, 2.05) is 12.1 Å². The van der Waals surface area contributed by atoms with Gasteiger partial charge in [0.15, 0.2) is 17.3 Å². The molecule has 7 heteroatoms. The lowest BCUT2D eigenvalue weighted by Crippen LogP contribution is -2.23. The number of carbonyl (C=O) groups is 2. The Balaban J connectivity index is 1.94. The summed E-state index contributed by atoms with van der Waals surface area (Å²) in [7, 11) is 4.62. The lowest BCUT2D eigenvalue weighted by atomic mass is 10.1. The van der Waals surface area contributed by atoms with Crippen molar-refractivity contribution in [3.63, 3.8) is 0 Å². The number of thiophene rings is 1. The largest absolute Gasteiger partial charge is 0.493 e. The molecule has 0 unspecified atom stereocenters. The number of methoxy groups -OCH3 is 3. The lowest BCUT2D eigenvalue weighted by molar-refractivity contribution is -0.116. The molecule has 1 amide bonds. The molecule has 0 saturated heterocycles. The van der Waals surface area contributed by atoms with Crippen LogP contribution in [-0.2, 0) is 11.2 Å². The number of ether oxygens (including phenoxy) is 3. The highest BCUT2D eigenvalue weighted by Crippen LogP contribution is 2.38. The molecule has 0 bridgehead atoms. The number of hydrogen-bond donors (Lipinski definition) is 1. The van der Waals surface area contributed by atoms with Crippen molar-refractivity contribution in [2.24, 2.45) is 0 Å². The molecule has 6 nitrogen and oxygen atoms in total. The zero-order valence-electron chi connectivity index (χ0n) is 15.8. The van der Waals surface area contributed by atoms with Gasteiger partial charge in [-0.15, -0.1) is 11.3 Å². The van der Waals surface area contributed by atoms with Crippen LogP contribution in [0.2, 0.25) is 0 Å². The maximum absolute atomic E-state index is 12.0. The Bertz CT molecular complexity index is 816. The number of rotatable bonds is 9. The molecule has 1 heterocycles. The van der Waals surface area contributed by atoms with Gasteiger partial charge in [0.1, 0.15) is 0 Å². The van der Waals surface area contributed by atoms with Gasteiger partial charge in [-0.05, 0) is 49.2 Å². The van der Waals surface area contributed by atoms with Crippen LogP contribution in [0.1, 0.15) is 27.0 Å². The Labute approximate surface area is 162 Å². The molecule has 1 aromatic carbocycles. The molecule has 0 atom stereocenters. The third-order valence-corrected chi connectivity index (χ3v) is 5.04. The molecule has 1 aromatic heterocycles. The highest BCUT2D eigenvalue weighted by Gasteiger charge is 2.12. The van der Waals surface area contributed by atoms with E-state index in [0.717, 1.165) is 15.3 Å². The molecule has 2 aromatic rings. The van der Waals surface area contributed by atoms with Gasteiger partial charge in [0.05, 0.1) is 26.2 Å². The quantitative estimate of drug-likeness (QED) is 0.526. The van der Waals surface area contributed by atoms with Crippen molar-refractivity contribution in [1.82, 2.24) is 5.32 Å². The Morgan fingerprint density at radius 2 is 1.74 bits per heavy atom. The summed E-state index contributed by atoms with van der Waals surface area (Å²) in [5.74, 6) is 1.41. The minimum Gasteiger partial charge on any atom is -0.493 e. The molecule has 27 heavy (non-hydrogen) atoms. The van der Waals surface area contributed by atoms with Gasteiger partial charge in [-0.25, -0.2) is 0 Å². The monoisotopic (exact) mass is 389 g/mol. The Morgan fingerprint density at radius 3 is 2.26 bits per heavy atom. The summed E-state index contributed by atoms with van der Waals surface area (Å²) in [5.41, 5.74) is 0.754. The van der Waals surface area contributed by atoms with Gasteiger partial charge in [0.25, 0.3) is 0 Å². The minimum absolute atomic E-state index is 0.0589. The van der Waals surface area contributed by atoms with Crippen LogP contribution in [0.3, 0.4) is 0 Å². The van der Waals surface area contributed by atoms with E-state index in [9.17, 15) is 9.59 Å². The minimum atomic E-state index is -0.202. The first-order chi connectivity index (χ1) is 13.0. The second-order valence-corrected chi connectivity index (χ2v) is 6.82. The topological polar surface area (TPSA) is 73.9 Å². The number of hydrogen-bond acceptors (Lipinski definition) is 6. The molecule has 0 aliphatic rings. The summed E-state index contributed by atoms with van der Waals surface area (Å²) in [4.78, 5) is 25.1. The number of ketones is 1. The Hall–Kier alpha value is -2.80. The molecule has 0 aliphatic carbocycles. The number of Topliss-reactive ketones (excluding diaryl/α,β-unsaturated/α-hetero) is 1. The van der Waals surface area contributed by atoms with Gasteiger partial charge in [-0.3, -0.25) is 9.59 Å². The van der Waals surface area contributed by atoms with E-state index in [0.29, 0.717) is 30.2 Å². The smallest absolute Gasteiger partial charge is 0.244 e. The van der Waals surface area contributed by atoms with Gasteiger partial charge in [0.2, 0.25) is 11.7 Å². The highest BCUT2D eigenvalue weighted by atomic mass is 32.1. The number of amides is 1. The second-order valence-electron chi connectivity index (χ2n) is 5.66. The van der Waals surface area contributed by atoms with E-state index in [1.54, 1.807) is 39.4 Å². The maximum atomic E-state index is 12.0. The van der Waals surface area contributed by atoms with Gasteiger partial charge >= 0.3 is 0 Å². The molecular weight excluding hydrogens is 366 g/mol. The van der Waals surface area contributed by atoms with E-state index < -0.39 is 0 Å². The summed E-state index contributed by atoms with van der Waals surface area (Å²) in [6, 6.07) is 7.26. The van der Waals surface area contributed by atoms with Gasteiger partial charge in [-0.1, -0.05) is 0 Å². The van der Waals surface area contributed by atoms with E-state index in [2.05, 4.69) is 5.32 Å². The molecule has 144 valence electrons. The van der Waals surface area contributed by atoms with Crippen molar-refractivity contribution in [3.8, 4) is 17.2 Å². The zero-order chi connectivity index (χ0) is 19.8. The van der Waals surface area contributed by atoms with E-state index in [-0.39, 0.29) is 11.7 Å². The fourth-order valence-corrected chi connectivity index (χ4v) is 3.34. The molecule has 1 N–H and O–H groups in total. The predicted molar refractivity (Wildman–Crippen MR) is 106 cm³/mol. The van der Waals surface area contributed by atoms with Crippen molar-refractivity contribution in [2.45, 2.75) is 13.3 Å². The first kappa shape index (κ1) is 20.5. The fourth-order valence-electron chi connectivity index (χ4n) is 2.44. The summed E-state index contributed by atoms with van der Waals surface area (Å²) in [5, 5.41) is 2.83. The van der Waals surface area contributed by atoms with Crippen LogP contribution in [0.25, 0.3) is 6.08 Å². The summed E-state index contributed by atoms with van der Waals surface area (Å²) >= 11 is 1.46. The number of carbonyl (C=O) groups excluding carboxylic acids is 2. The Morgan fingerprint density at radius 1 is 1.07 bits per heavy atom. The number of nitrogens with one attached hydrogen (secondary N) is 1. The number of benzene rings is 1. The van der Waals surface area contributed by atoms with Crippen molar-refractivity contribution in [3.05, 3.63) is 45.7 Å². The van der Waals surface area contributed by atoms with Crippen LogP contribution in [-0.4, -0.2) is 39.6 Å². The van der Waals surface area contributed by atoms with Gasteiger partial charge < -0.3 is 19.5 Å². The van der Waals surface area contributed by atoms with Crippen molar-refractivity contribution >= 4 is 29.1 Å². The molecular formula is C20H23NO5S. The average molecular weight is 389 g/mol. The average Bonchev–Trinajstić information content (AvgIpc) is 3.14. The zero-order valence-corrected chi connectivity index (χ0v) is 16.6. The third-order valence-electron chi connectivity index (χ3n) is 3.79. The van der Waals surface area contributed by atoms with Crippen LogP contribution in [0, 0.1) is 0 Å². The van der Waals surface area contributed by atoms with E-state index >= 15 is 0 Å². The summed E-state index contributed by atoms with van der Waals surface area (Å²) in [6.07, 6.45) is 3.82. The van der Waals surface area contributed by atoms with Crippen LogP contribution in [0.4, 0.5) is 0 Å². The summed E-state index contributed by atoms with van der Waals surface area (Å²) in [6.45, 7) is 2.04. The Kier molecular flexibility index (Phi) is 7.43. The van der Waals surface area contributed by atoms with Crippen molar-refractivity contribution in [2.75, 3.05) is 27.9 Å². The van der Waals surface area contributed by atoms with Crippen molar-refractivity contribution < 1.29 is 23.8 Å². The van der Waals surface area contributed by atoms with E-state index in [1.165, 1.54) is 24.5 Å². The predicted octanol–water partition coefficient (Wildman–Crippen LogP) is 3.35. The molecule has 0 radical (unpaired) electrons. The standard InChI is InChI=1S/C20H23NO5S/c1-13(22)18-7-6-15(27-18)9-10-21-19(23)8-5-14-11-16(24-2)20(26-4)17(12-14)25-3/h5-8,11-12H,9-10H2,1-4H3,(H,21,23)/b8-5+. The van der Waals surface area contributed by atoms with Crippen LogP contribution in [0.15, 0.2) is 30.3 Å². The van der Waals surface area contributed by atoms with E-state index in [4.69, 9.17) is 14.2 Å². The third kappa shape index (κ3) is 5.59. The molecule has 0 aliphatic heterocycles. The summed E-state index contributed by atoms with van der Waals surface area (Å²) < 4.78 is 15.9. The normalized spacial score (nSPS) is 10.7. The second kappa shape index (κ2) is 9.78. The van der Waals surface area contributed by atoms with Crippen LogP contribution < -0.4 is 19.5 Å². The first-order valence-corrected chi connectivity index (χ1v) is 9.15.